The van der Waals surface area contributed by atoms with Crippen molar-refractivity contribution < 1.29 is 14.3 Å². The van der Waals surface area contributed by atoms with E-state index in [-0.39, 0.29) is 18.5 Å². The average molecular weight is 472 g/mol. The molecule has 1 aromatic heterocycles. The lowest BCUT2D eigenvalue weighted by atomic mass is 10.2. The largest absolute Gasteiger partial charge is 0.383 e. The van der Waals surface area contributed by atoms with Gasteiger partial charge in [0.05, 0.1) is 13.2 Å². The number of carbonyl (C=O) groups excluding carboxylic acids is 2. The van der Waals surface area contributed by atoms with Gasteiger partial charge in [0.2, 0.25) is 5.91 Å². The zero-order valence-corrected chi connectivity index (χ0v) is 19.4. The smallest absolute Gasteiger partial charge is 0.322 e. The summed E-state index contributed by atoms with van der Waals surface area (Å²) >= 11 is 7.52. The number of amides is 3. The minimum atomic E-state index is -0.367. The van der Waals surface area contributed by atoms with Gasteiger partial charge in [-0.25, -0.2) is 4.79 Å². The van der Waals surface area contributed by atoms with Gasteiger partial charge in [0.1, 0.15) is 6.54 Å². The Bertz CT molecular complexity index is 981. The molecule has 8 heteroatoms. The summed E-state index contributed by atoms with van der Waals surface area (Å²) in [5, 5.41) is 5.40. The van der Waals surface area contributed by atoms with Crippen LogP contribution >= 0.6 is 22.9 Å². The minimum absolute atomic E-state index is 0.0546. The third kappa shape index (κ3) is 7.37. The Hall–Kier alpha value is -2.87. The summed E-state index contributed by atoms with van der Waals surface area (Å²) in [6.07, 6.45) is 0. The maximum Gasteiger partial charge on any atom is 0.322 e. The molecular formula is C24H26ClN3O3S. The number of benzene rings is 2. The molecule has 0 spiro atoms. The van der Waals surface area contributed by atoms with Gasteiger partial charge in [0, 0.05) is 35.8 Å². The lowest BCUT2D eigenvalue weighted by Crippen LogP contribution is -2.45. The van der Waals surface area contributed by atoms with Crippen molar-refractivity contribution in [3.05, 3.63) is 87.6 Å². The maximum atomic E-state index is 13.3. The van der Waals surface area contributed by atoms with Crippen LogP contribution in [0.2, 0.25) is 5.02 Å². The zero-order valence-electron chi connectivity index (χ0n) is 17.9. The lowest BCUT2D eigenvalue weighted by Gasteiger charge is -2.27. The molecule has 0 bridgehead atoms. The van der Waals surface area contributed by atoms with E-state index in [0.29, 0.717) is 37.0 Å². The van der Waals surface area contributed by atoms with Crippen LogP contribution < -0.4 is 5.32 Å². The van der Waals surface area contributed by atoms with E-state index in [1.165, 1.54) is 4.90 Å². The van der Waals surface area contributed by atoms with Gasteiger partial charge in [-0.1, -0.05) is 48.0 Å². The number of nitrogens with one attached hydrogen (secondary N) is 1. The van der Waals surface area contributed by atoms with Gasteiger partial charge in [-0.15, -0.1) is 11.3 Å². The van der Waals surface area contributed by atoms with E-state index in [2.05, 4.69) is 5.32 Å². The van der Waals surface area contributed by atoms with Crippen LogP contribution in [-0.4, -0.2) is 48.5 Å². The predicted molar refractivity (Wildman–Crippen MR) is 129 cm³/mol. The van der Waals surface area contributed by atoms with Crippen molar-refractivity contribution in [2.45, 2.75) is 13.1 Å². The van der Waals surface area contributed by atoms with Crippen LogP contribution in [-0.2, 0) is 22.6 Å². The van der Waals surface area contributed by atoms with Crippen molar-refractivity contribution in [3.63, 3.8) is 0 Å². The van der Waals surface area contributed by atoms with Gasteiger partial charge in [-0.2, -0.15) is 0 Å². The summed E-state index contributed by atoms with van der Waals surface area (Å²) in [6.45, 7) is 1.52. The number of urea groups is 1. The molecule has 0 aliphatic heterocycles. The second kappa shape index (κ2) is 12.2. The number of ether oxygens (including phenoxy) is 1. The Balaban J connectivity index is 1.72. The van der Waals surface area contributed by atoms with Crippen LogP contribution in [0.15, 0.2) is 72.1 Å². The highest BCUT2D eigenvalue weighted by molar-refractivity contribution is 7.09. The van der Waals surface area contributed by atoms with Crippen LogP contribution in [0.4, 0.5) is 10.5 Å². The highest BCUT2D eigenvalue weighted by atomic mass is 35.5. The summed E-state index contributed by atoms with van der Waals surface area (Å²) < 4.78 is 5.15. The van der Waals surface area contributed by atoms with E-state index < -0.39 is 0 Å². The Morgan fingerprint density at radius 1 is 0.969 bits per heavy atom. The Morgan fingerprint density at radius 2 is 1.72 bits per heavy atom. The number of methoxy groups -OCH3 is 1. The number of halogens is 1. The van der Waals surface area contributed by atoms with Gasteiger partial charge >= 0.3 is 6.03 Å². The number of carbonyl (C=O) groups is 2. The van der Waals surface area contributed by atoms with Crippen LogP contribution in [0.3, 0.4) is 0 Å². The van der Waals surface area contributed by atoms with E-state index in [9.17, 15) is 9.59 Å². The van der Waals surface area contributed by atoms with Crippen LogP contribution in [0, 0.1) is 0 Å². The molecule has 2 aromatic carbocycles. The van der Waals surface area contributed by atoms with Crippen molar-refractivity contribution >= 4 is 40.6 Å². The Morgan fingerprint density at radius 3 is 2.38 bits per heavy atom. The SMILES string of the molecule is COCCN(CC(=O)N(Cc1ccccc1)Cc1cccs1)C(=O)Nc1ccc(Cl)cc1. The van der Waals surface area contributed by atoms with Crippen molar-refractivity contribution in [1.82, 2.24) is 9.80 Å². The van der Waals surface area contributed by atoms with Crippen LogP contribution in [0.5, 0.6) is 0 Å². The molecule has 0 aliphatic rings. The maximum absolute atomic E-state index is 13.3. The van der Waals surface area contributed by atoms with E-state index in [0.717, 1.165) is 10.4 Å². The number of hydrogen-bond donors (Lipinski definition) is 1. The molecule has 3 aromatic rings. The van der Waals surface area contributed by atoms with Gasteiger partial charge in [0.15, 0.2) is 0 Å². The molecule has 0 fully saturated rings. The number of thiophene rings is 1. The molecule has 0 saturated heterocycles. The van der Waals surface area contributed by atoms with E-state index in [1.807, 2.05) is 47.8 Å². The third-order valence-electron chi connectivity index (χ3n) is 4.77. The van der Waals surface area contributed by atoms with Crippen molar-refractivity contribution in [1.29, 1.82) is 0 Å². The van der Waals surface area contributed by atoms with E-state index >= 15 is 0 Å². The van der Waals surface area contributed by atoms with Gasteiger partial charge < -0.3 is 19.9 Å². The van der Waals surface area contributed by atoms with E-state index in [4.69, 9.17) is 16.3 Å². The first kappa shape index (κ1) is 23.8. The second-order valence-electron chi connectivity index (χ2n) is 7.17. The van der Waals surface area contributed by atoms with Crippen LogP contribution in [0.1, 0.15) is 10.4 Å². The summed E-state index contributed by atoms with van der Waals surface area (Å²) in [5.41, 5.74) is 1.64. The van der Waals surface area contributed by atoms with Gasteiger partial charge in [-0.05, 0) is 41.3 Å². The normalized spacial score (nSPS) is 10.6. The fourth-order valence-corrected chi connectivity index (χ4v) is 3.93. The van der Waals surface area contributed by atoms with Crippen molar-refractivity contribution in [2.24, 2.45) is 0 Å². The molecular weight excluding hydrogens is 446 g/mol. The highest BCUT2D eigenvalue weighted by Crippen LogP contribution is 2.16. The van der Waals surface area contributed by atoms with Crippen molar-refractivity contribution in [2.75, 3.05) is 32.1 Å². The Kier molecular flexibility index (Phi) is 9.10. The molecule has 0 atom stereocenters. The van der Waals surface area contributed by atoms with Gasteiger partial charge in [-0.3, -0.25) is 4.79 Å². The highest BCUT2D eigenvalue weighted by Gasteiger charge is 2.22. The van der Waals surface area contributed by atoms with E-state index in [1.54, 1.807) is 47.6 Å². The molecule has 1 N–H and O–H groups in total. The molecule has 1 heterocycles. The molecule has 0 unspecified atom stereocenters. The quantitative estimate of drug-likeness (QED) is 0.447. The molecule has 32 heavy (non-hydrogen) atoms. The molecule has 0 radical (unpaired) electrons. The molecule has 168 valence electrons. The standard InChI is InChI=1S/C24H26ClN3O3S/c1-31-14-13-27(24(30)26-21-11-9-20(25)10-12-21)18-23(29)28(17-22-8-5-15-32-22)16-19-6-3-2-4-7-19/h2-12,15H,13-14,16-18H2,1H3,(H,26,30). The van der Waals surface area contributed by atoms with Crippen molar-refractivity contribution in [3.8, 4) is 0 Å². The number of hydrogen-bond acceptors (Lipinski definition) is 4. The second-order valence-corrected chi connectivity index (χ2v) is 8.63. The topological polar surface area (TPSA) is 61.9 Å². The first-order valence-electron chi connectivity index (χ1n) is 10.2. The average Bonchev–Trinajstić information content (AvgIpc) is 3.31. The molecule has 6 nitrogen and oxygen atoms in total. The zero-order chi connectivity index (χ0) is 22.8. The fourth-order valence-electron chi connectivity index (χ4n) is 3.08. The van der Waals surface area contributed by atoms with Gasteiger partial charge in [0.25, 0.3) is 0 Å². The summed E-state index contributed by atoms with van der Waals surface area (Å²) in [5.74, 6) is -0.135. The summed E-state index contributed by atoms with van der Waals surface area (Å²) in [7, 11) is 1.57. The molecule has 0 aliphatic carbocycles. The molecule has 3 rings (SSSR count). The molecule has 0 saturated carbocycles. The number of nitrogens with zero attached hydrogens (tertiary/aromatic N) is 2. The monoisotopic (exact) mass is 471 g/mol. The predicted octanol–water partition coefficient (Wildman–Crippen LogP) is 5.11. The molecule has 3 amide bonds. The number of rotatable bonds is 10. The first-order chi connectivity index (χ1) is 15.5. The fraction of sp³-hybridized carbons (Fsp3) is 0.250. The number of anilines is 1. The summed E-state index contributed by atoms with van der Waals surface area (Å²) in [4.78, 5) is 30.5. The third-order valence-corrected chi connectivity index (χ3v) is 5.88. The minimum Gasteiger partial charge on any atom is -0.383 e. The Labute approximate surface area is 197 Å². The first-order valence-corrected chi connectivity index (χ1v) is 11.5. The lowest BCUT2D eigenvalue weighted by molar-refractivity contribution is -0.133. The summed E-state index contributed by atoms with van der Waals surface area (Å²) in [6, 6.07) is 20.3. The van der Waals surface area contributed by atoms with Crippen LogP contribution in [0.25, 0.3) is 0 Å².